The van der Waals surface area contributed by atoms with Crippen molar-refractivity contribution < 1.29 is 4.79 Å². The molecule has 0 fully saturated rings. The molecule has 1 N–H and O–H groups in total. The molecule has 0 aromatic carbocycles. The monoisotopic (exact) mass is 180 g/mol. The average molecular weight is 180 g/mol. The molecule has 4 heteroatoms. The number of hydrogen-bond acceptors (Lipinski definition) is 3. The van der Waals surface area contributed by atoms with E-state index in [1.54, 1.807) is 11.3 Å². The first-order chi connectivity index (χ1) is 5.75. The molecule has 0 radical (unpaired) electrons. The average Bonchev–Trinajstić information content (AvgIpc) is 2.58. The number of nitrogens with one attached hydrogen (secondary N) is 1. The minimum Gasteiger partial charge on any atom is -0.309 e. The first kappa shape index (κ1) is 7.49. The van der Waals surface area contributed by atoms with Gasteiger partial charge in [-0.05, 0) is 13.0 Å². The number of aryl methyl sites for hydroxylation is 1. The quantitative estimate of drug-likeness (QED) is 0.686. The van der Waals surface area contributed by atoms with Crippen molar-refractivity contribution in [1.82, 2.24) is 5.32 Å². The fourth-order valence-electron chi connectivity index (χ4n) is 1.09. The third-order valence-electron chi connectivity index (χ3n) is 1.64. The van der Waals surface area contributed by atoms with Crippen molar-refractivity contribution in [2.45, 2.75) is 6.92 Å². The van der Waals surface area contributed by atoms with Crippen LogP contribution in [0.15, 0.2) is 16.4 Å². The molecular weight excluding hydrogens is 172 g/mol. The summed E-state index contributed by atoms with van der Waals surface area (Å²) < 4.78 is 0. The van der Waals surface area contributed by atoms with Crippen molar-refractivity contribution in [3.05, 3.63) is 21.9 Å². The first-order valence-electron chi connectivity index (χ1n) is 3.65. The van der Waals surface area contributed by atoms with Gasteiger partial charge in [0, 0.05) is 15.8 Å². The van der Waals surface area contributed by atoms with Crippen LogP contribution in [0.4, 0.5) is 0 Å². The van der Waals surface area contributed by atoms with E-state index < -0.39 is 0 Å². The lowest BCUT2D eigenvalue weighted by atomic mass is 10.3. The number of hydrogen-bond donors (Lipinski definition) is 1. The number of nitrogens with zero attached hydrogens (tertiary/aromatic N) is 1. The maximum absolute atomic E-state index is 10.8. The van der Waals surface area contributed by atoms with Gasteiger partial charge in [-0.1, -0.05) is 0 Å². The van der Waals surface area contributed by atoms with E-state index in [0.717, 1.165) is 5.56 Å². The van der Waals surface area contributed by atoms with Gasteiger partial charge in [0.05, 0.1) is 0 Å². The van der Waals surface area contributed by atoms with E-state index in [9.17, 15) is 4.79 Å². The predicted molar refractivity (Wildman–Crippen MR) is 48.6 cm³/mol. The highest BCUT2D eigenvalue weighted by atomic mass is 32.1. The molecule has 0 aliphatic carbocycles. The fourth-order valence-corrected chi connectivity index (χ4v) is 1.78. The summed E-state index contributed by atoms with van der Waals surface area (Å²) >= 11 is 1.66. The van der Waals surface area contributed by atoms with E-state index in [4.69, 9.17) is 0 Å². The standard InChI is InChI=1S/C8H8N2OS/c1-5-2-6(4-12-5)8-9-3-7(11)10-8/h2,4H,3H2,1H3,(H,9,10,11). The van der Waals surface area contributed by atoms with E-state index in [0.29, 0.717) is 5.84 Å². The number of carbonyl (C=O) groups excluding carboxylic acids is 1. The lowest BCUT2D eigenvalue weighted by molar-refractivity contribution is -0.117. The molecule has 0 atom stereocenters. The zero-order valence-corrected chi connectivity index (χ0v) is 7.44. The molecule has 1 aliphatic heterocycles. The van der Waals surface area contributed by atoms with Gasteiger partial charge in [0.15, 0.2) is 0 Å². The van der Waals surface area contributed by atoms with Crippen molar-refractivity contribution in [2.24, 2.45) is 4.99 Å². The van der Waals surface area contributed by atoms with Crippen LogP contribution in [0.1, 0.15) is 10.4 Å². The molecule has 62 valence electrons. The van der Waals surface area contributed by atoms with E-state index in [1.807, 2.05) is 18.4 Å². The Morgan fingerprint density at radius 2 is 2.50 bits per heavy atom. The van der Waals surface area contributed by atoms with E-state index in [1.165, 1.54) is 4.88 Å². The number of amidine groups is 1. The van der Waals surface area contributed by atoms with Crippen molar-refractivity contribution >= 4 is 23.1 Å². The Morgan fingerprint density at radius 3 is 3.00 bits per heavy atom. The van der Waals surface area contributed by atoms with Crippen molar-refractivity contribution in [1.29, 1.82) is 0 Å². The van der Waals surface area contributed by atoms with Crippen LogP contribution in [-0.4, -0.2) is 18.3 Å². The van der Waals surface area contributed by atoms with Crippen LogP contribution in [0, 0.1) is 6.92 Å². The van der Waals surface area contributed by atoms with Gasteiger partial charge in [0.2, 0.25) is 5.91 Å². The summed E-state index contributed by atoms with van der Waals surface area (Å²) in [6.45, 7) is 2.30. The molecule has 3 nitrogen and oxygen atoms in total. The van der Waals surface area contributed by atoms with Gasteiger partial charge in [-0.15, -0.1) is 11.3 Å². The highest BCUT2D eigenvalue weighted by molar-refractivity contribution is 7.10. The van der Waals surface area contributed by atoms with Gasteiger partial charge in [-0.2, -0.15) is 0 Å². The maximum Gasteiger partial charge on any atom is 0.247 e. The molecule has 0 unspecified atom stereocenters. The van der Waals surface area contributed by atoms with Crippen LogP contribution < -0.4 is 5.32 Å². The zero-order valence-electron chi connectivity index (χ0n) is 6.63. The van der Waals surface area contributed by atoms with Gasteiger partial charge in [-0.3, -0.25) is 9.79 Å². The highest BCUT2D eigenvalue weighted by Gasteiger charge is 2.15. The lowest BCUT2D eigenvalue weighted by Gasteiger charge is -1.94. The van der Waals surface area contributed by atoms with Gasteiger partial charge in [0.1, 0.15) is 12.4 Å². The van der Waals surface area contributed by atoms with Crippen LogP contribution in [0.2, 0.25) is 0 Å². The van der Waals surface area contributed by atoms with Crippen LogP contribution in [0.25, 0.3) is 0 Å². The van der Waals surface area contributed by atoms with E-state index in [2.05, 4.69) is 10.3 Å². The normalized spacial score (nSPS) is 16.1. The van der Waals surface area contributed by atoms with Crippen LogP contribution in [-0.2, 0) is 4.79 Å². The van der Waals surface area contributed by atoms with Crippen molar-refractivity contribution in [3.63, 3.8) is 0 Å². The smallest absolute Gasteiger partial charge is 0.247 e. The Hall–Kier alpha value is -1.16. The number of aliphatic imine (C=N–C) groups is 1. The summed E-state index contributed by atoms with van der Waals surface area (Å²) in [5.74, 6) is 0.693. The molecule has 1 amide bonds. The third-order valence-corrected chi connectivity index (χ3v) is 2.50. The number of carbonyl (C=O) groups is 1. The topological polar surface area (TPSA) is 41.5 Å². The molecule has 1 aromatic heterocycles. The number of rotatable bonds is 1. The molecule has 0 saturated carbocycles. The van der Waals surface area contributed by atoms with Gasteiger partial charge in [0.25, 0.3) is 0 Å². The second-order valence-electron chi connectivity index (χ2n) is 2.66. The molecule has 0 spiro atoms. The largest absolute Gasteiger partial charge is 0.309 e. The summed E-state index contributed by atoms with van der Waals surface area (Å²) in [4.78, 5) is 16.1. The Labute approximate surface area is 74.1 Å². The second-order valence-corrected chi connectivity index (χ2v) is 3.77. The van der Waals surface area contributed by atoms with Gasteiger partial charge < -0.3 is 5.32 Å². The summed E-state index contributed by atoms with van der Waals surface area (Å²) in [5.41, 5.74) is 1.02. The summed E-state index contributed by atoms with van der Waals surface area (Å²) in [7, 11) is 0. The Balaban J connectivity index is 2.27. The molecule has 2 heterocycles. The molecule has 2 rings (SSSR count). The van der Waals surface area contributed by atoms with E-state index in [-0.39, 0.29) is 12.5 Å². The SMILES string of the molecule is Cc1cc(C2=NCC(=O)N2)cs1. The zero-order chi connectivity index (χ0) is 8.55. The van der Waals surface area contributed by atoms with Gasteiger partial charge >= 0.3 is 0 Å². The molecule has 1 aliphatic rings. The maximum atomic E-state index is 10.8. The minimum absolute atomic E-state index is 0.0196. The highest BCUT2D eigenvalue weighted by Crippen LogP contribution is 2.14. The minimum atomic E-state index is -0.0196. The second kappa shape index (κ2) is 2.71. The molecule has 0 bridgehead atoms. The van der Waals surface area contributed by atoms with E-state index >= 15 is 0 Å². The number of thiophene rings is 1. The van der Waals surface area contributed by atoms with Crippen molar-refractivity contribution in [2.75, 3.05) is 6.54 Å². The lowest BCUT2D eigenvalue weighted by Crippen LogP contribution is -2.24. The fraction of sp³-hybridized carbons (Fsp3) is 0.250. The van der Waals surface area contributed by atoms with Crippen molar-refractivity contribution in [3.8, 4) is 0 Å². The first-order valence-corrected chi connectivity index (χ1v) is 4.53. The summed E-state index contributed by atoms with van der Waals surface area (Å²) in [6, 6.07) is 2.02. The molecule has 0 saturated heterocycles. The molecule has 1 aromatic rings. The number of amides is 1. The van der Waals surface area contributed by atoms with Gasteiger partial charge in [-0.25, -0.2) is 0 Å². The molecule has 12 heavy (non-hydrogen) atoms. The molecular formula is C8H8N2OS. The van der Waals surface area contributed by atoms with Crippen LogP contribution >= 0.6 is 11.3 Å². The van der Waals surface area contributed by atoms with Crippen LogP contribution in [0.5, 0.6) is 0 Å². The Kier molecular flexibility index (Phi) is 1.69. The van der Waals surface area contributed by atoms with Crippen LogP contribution in [0.3, 0.4) is 0 Å². The predicted octanol–water partition coefficient (Wildman–Crippen LogP) is 0.933. The summed E-state index contributed by atoms with van der Waals surface area (Å²) in [5, 5.41) is 4.70. The Morgan fingerprint density at radius 1 is 1.67 bits per heavy atom. The Bertz CT molecular complexity index is 354. The summed E-state index contributed by atoms with van der Waals surface area (Å²) in [6.07, 6.45) is 0. The third kappa shape index (κ3) is 1.25.